The van der Waals surface area contributed by atoms with Gasteiger partial charge in [-0.2, -0.15) is 4.98 Å². The van der Waals surface area contributed by atoms with Crippen LogP contribution < -0.4 is 11.1 Å². The number of aromatic nitrogens is 4. The van der Waals surface area contributed by atoms with E-state index in [2.05, 4.69) is 25.3 Å². The summed E-state index contributed by atoms with van der Waals surface area (Å²) >= 11 is 0. The topological polar surface area (TPSA) is 103 Å². The number of anilines is 3. The Morgan fingerprint density at radius 1 is 1.38 bits per heavy atom. The van der Waals surface area contributed by atoms with E-state index in [-0.39, 0.29) is 5.95 Å². The average Bonchev–Trinajstić information content (AvgIpc) is 2.57. The van der Waals surface area contributed by atoms with Crippen molar-refractivity contribution in [2.45, 2.75) is 0 Å². The molecule has 0 unspecified atom stereocenters. The minimum atomic E-state index is 0.150. The van der Waals surface area contributed by atoms with E-state index in [1.807, 2.05) is 0 Å². The van der Waals surface area contributed by atoms with Crippen molar-refractivity contribution in [1.29, 1.82) is 0 Å². The Morgan fingerprint density at radius 2 is 2.31 bits per heavy atom. The number of nitrogens with one attached hydrogen (secondary N) is 1. The Morgan fingerprint density at radius 3 is 3.00 bits per heavy atom. The first kappa shape index (κ1) is 7.47. The van der Waals surface area contributed by atoms with Gasteiger partial charge in [0.25, 0.3) is 0 Å². The summed E-state index contributed by atoms with van der Waals surface area (Å²) in [7, 11) is 0. The largest absolute Gasteiger partial charge is 0.428 e. The van der Waals surface area contributed by atoms with Crippen molar-refractivity contribution in [2.75, 3.05) is 11.1 Å². The van der Waals surface area contributed by atoms with Gasteiger partial charge in [-0.05, 0) is 0 Å². The Labute approximate surface area is 73.1 Å². The molecule has 0 aliphatic rings. The van der Waals surface area contributed by atoms with Crippen molar-refractivity contribution < 1.29 is 4.42 Å². The first-order valence-electron chi connectivity index (χ1n) is 3.44. The van der Waals surface area contributed by atoms with E-state index in [1.54, 1.807) is 0 Å². The first-order chi connectivity index (χ1) is 6.34. The van der Waals surface area contributed by atoms with Crippen molar-refractivity contribution in [3.05, 3.63) is 18.9 Å². The van der Waals surface area contributed by atoms with Crippen LogP contribution in [0.3, 0.4) is 0 Å². The highest BCUT2D eigenvalue weighted by Gasteiger charge is 1.99. The number of rotatable bonds is 2. The zero-order valence-electron chi connectivity index (χ0n) is 6.51. The summed E-state index contributed by atoms with van der Waals surface area (Å²) in [5, 5.41) is 2.75. The summed E-state index contributed by atoms with van der Waals surface area (Å²) in [4.78, 5) is 15.0. The molecule has 0 amide bonds. The second kappa shape index (κ2) is 3.05. The molecule has 66 valence electrons. The molecule has 7 nitrogen and oxygen atoms in total. The van der Waals surface area contributed by atoms with E-state index in [0.29, 0.717) is 11.8 Å². The van der Waals surface area contributed by atoms with E-state index in [9.17, 15) is 0 Å². The van der Waals surface area contributed by atoms with Crippen LogP contribution >= 0.6 is 0 Å². The second-order valence-corrected chi connectivity index (χ2v) is 2.16. The molecule has 13 heavy (non-hydrogen) atoms. The van der Waals surface area contributed by atoms with Gasteiger partial charge in [-0.15, -0.1) is 0 Å². The van der Waals surface area contributed by atoms with Gasteiger partial charge in [0.15, 0.2) is 6.39 Å². The molecule has 2 rings (SSSR count). The van der Waals surface area contributed by atoms with Gasteiger partial charge in [-0.3, -0.25) is 5.32 Å². The van der Waals surface area contributed by atoms with Gasteiger partial charge in [-0.1, -0.05) is 0 Å². The molecule has 0 fully saturated rings. The van der Waals surface area contributed by atoms with Crippen LogP contribution in [-0.2, 0) is 0 Å². The van der Waals surface area contributed by atoms with E-state index in [1.165, 1.54) is 18.9 Å². The summed E-state index contributed by atoms with van der Waals surface area (Å²) in [6.45, 7) is 0. The molecule has 0 spiro atoms. The van der Waals surface area contributed by atoms with Crippen LogP contribution in [0.1, 0.15) is 0 Å². The normalized spacial score (nSPS) is 9.85. The van der Waals surface area contributed by atoms with Crippen LogP contribution in [0.15, 0.2) is 23.3 Å². The molecule has 2 heterocycles. The fourth-order valence-electron chi connectivity index (χ4n) is 0.757. The van der Waals surface area contributed by atoms with Crippen molar-refractivity contribution in [3.8, 4) is 0 Å². The van der Waals surface area contributed by atoms with Crippen LogP contribution in [0.4, 0.5) is 17.8 Å². The van der Waals surface area contributed by atoms with Crippen molar-refractivity contribution >= 4 is 17.8 Å². The van der Waals surface area contributed by atoms with Crippen LogP contribution in [0.2, 0.25) is 0 Å². The van der Waals surface area contributed by atoms with Crippen LogP contribution in [0.25, 0.3) is 0 Å². The minimum absolute atomic E-state index is 0.150. The fourth-order valence-corrected chi connectivity index (χ4v) is 0.757. The fraction of sp³-hybridized carbons (Fsp3) is 0. The molecule has 7 heteroatoms. The zero-order valence-corrected chi connectivity index (χ0v) is 6.51. The highest BCUT2D eigenvalue weighted by molar-refractivity contribution is 5.44. The number of hydrogen-bond donors (Lipinski definition) is 2. The van der Waals surface area contributed by atoms with Gasteiger partial charge in [0, 0.05) is 0 Å². The lowest BCUT2D eigenvalue weighted by atomic mass is 10.7. The third-order valence-corrected chi connectivity index (χ3v) is 1.26. The molecule has 2 aromatic rings. The van der Waals surface area contributed by atoms with E-state index in [4.69, 9.17) is 10.2 Å². The molecule has 0 aromatic carbocycles. The molecule has 0 radical (unpaired) electrons. The quantitative estimate of drug-likeness (QED) is 0.676. The number of nitrogen functional groups attached to an aromatic ring is 1. The van der Waals surface area contributed by atoms with Gasteiger partial charge < -0.3 is 10.2 Å². The summed E-state index contributed by atoms with van der Waals surface area (Å²) in [5.74, 6) is 0.923. The van der Waals surface area contributed by atoms with E-state index < -0.39 is 0 Å². The molecule has 0 saturated carbocycles. The molecule has 0 bridgehead atoms. The van der Waals surface area contributed by atoms with Gasteiger partial charge in [0.1, 0.15) is 6.33 Å². The predicted molar refractivity (Wildman–Crippen MR) is 44.0 cm³/mol. The number of nitrogens with zero attached hydrogens (tertiary/aromatic N) is 4. The predicted octanol–water partition coefficient (Wildman–Crippen LogP) is 0.185. The standard InChI is InChI=1S/C6H6N6O/c7-5-9-2-10-6(12-5)11-4-1-8-3-13-4/h1-3H,(H3,7,9,10,11,12). The number of nitrogens with two attached hydrogens (primary N) is 1. The van der Waals surface area contributed by atoms with Crippen molar-refractivity contribution in [1.82, 2.24) is 19.9 Å². The van der Waals surface area contributed by atoms with Gasteiger partial charge in [0.2, 0.25) is 17.8 Å². The lowest BCUT2D eigenvalue weighted by molar-refractivity contribution is 0.574. The van der Waals surface area contributed by atoms with Gasteiger partial charge in [0.05, 0.1) is 6.20 Å². The smallest absolute Gasteiger partial charge is 0.234 e. The third kappa shape index (κ3) is 1.70. The van der Waals surface area contributed by atoms with Gasteiger partial charge >= 0.3 is 0 Å². The minimum Gasteiger partial charge on any atom is -0.428 e. The molecular formula is C6H6N6O. The van der Waals surface area contributed by atoms with Crippen molar-refractivity contribution in [2.24, 2.45) is 0 Å². The lowest BCUT2D eigenvalue weighted by Gasteiger charge is -1.98. The molecule has 3 N–H and O–H groups in total. The van der Waals surface area contributed by atoms with Crippen LogP contribution in [-0.4, -0.2) is 19.9 Å². The van der Waals surface area contributed by atoms with Gasteiger partial charge in [-0.25, -0.2) is 15.0 Å². The number of hydrogen-bond acceptors (Lipinski definition) is 7. The molecule has 2 aromatic heterocycles. The monoisotopic (exact) mass is 178 g/mol. The van der Waals surface area contributed by atoms with Crippen LogP contribution in [0, 0.1) is 0 Å². The second-order valence-electron chi connectivity index (χ2n) is 2.16. The highest BCUT2D eigenvalue weighted by Crippen LogP contribution is 2.09. The average molecular weight is 178 g/mol. The maximum atomic E-state index is 5.34. The maximum Gasteiger partial charge on any atom is 0.234 e. The highest BCUT2D eigenvalue weighted by atomic mass is 16.4. The molecular weight excluding hydrogens is 172 g/mol. The van der Waals surface area contributed by atoms with E-state index >= 15 is 0 Å². The van der Waals surface area contributed by atoms with Crippen molar-refractivity contribution in [3.63, 3.8) is 0 Å². The van der Waals surface area contributed by atoms with E-state index in [0.717, 1.165) is 0 Å². The maximum absolute atomic E-state index is 5.34. The Kier molecular flexibility index (Phi) is 1.75. The summed E-state index contributed by atoms with van der Waals surface area (Å²) < 4.78 is 4.91. The SMILES string of the molecule is Nc1ncnc(Nc2cnco2)n1. The summed E-state index contributed by atoms with van der Waals surface area (Å²) in [5.41, 5.74) is 5.34. The molecule has 0 atom stereocenters. The lowest BCUT2D eigenvalue weighted by Crippen LogP contribution is -2.01. The first-order valence-corrected chi connectivity index (χ1v) is 3.44. The molecule has 0 aliphatic heterocycles. The third-order valence-electron chi connectivity index (χ3n) is 1.26. The Balaban J connectivity index is 2.19. The molecule has 0 aliphatic carbocycles. The summed E-state index contributed by atoms with van der Waals surface area (Å²) in [6.07, 6.45) is 4.11. The molecule has 0 saturated heterocycles. The van der Waals surface area contributed by atoms with Crippen LogP contribution in [0.5, 0.6) is 0 Å². The Hall–Kier alpha value is -2.18. The zero-order chi connectivity index (χ0) is 9.10. The summed E-state index contributed by atoms with van der Waals surface area (Å²) in [6, 6.07) is 0. The Bertz CT molecular complexity index is 386. The number of oxazole rings is 1.